The number of Topliss-reactive ketones (excluding diaryl/α,β-unsaturated/α-hetero) is 1. The molecule has 0 radical (unpaired) electrons. The fourth-order valence-corrected chi connectivity index (χ4v) is 4.45. The Morgan fingerprint density at radius 3 is 2.45 bits per heavy atom. The maximum atomic E-state index is 13.3. The van der Waals surface area contributed by atoms with Crippen LogP contribution in [0.1, 0.15) is 47.6 Å². The van der Waals surface area contributed by atoms with Crippen molar-refractivity contribution < 1.29 is 13.9 Å². The second kappa shape index (κ2) is 7.87. The number of nitrogens with one attached hydrogen (secondary N) is 1. The van der Waals surface area contributed by atoms with Gasteiger partial charge in [0, 0.05) is 11.5 Å². The molecule has 8 heteroatoms. The molecule has 1 aliphatic heterocycles. The van der Waals surface area contributed by atoms with Crippen LogP contribution in [-0.4, -0.2) is 33.0 Å². The molecule has 0 aliphatic carbocycles. The molecule has 0 fully saturated rings. The van der Waals surface area contributed by atoms with Crippen molar-refractivity contribution in [2.24, 2.45) is 0 Å². The van der Waals surface area contributed by atoms with Crippen LogP contribution in [0.3, 0.4) is 0 Å². The fourth-order valence-electron chi connectivity index (χ4n) is 3.29. The number of ketones is 1. The van der Waals surface area contributed by atoms with E-state index in [0.29, 0.717) is 10.7 Å². The van der Waals surface area contributed by atoms with Crippen LogP contribution < -0.4 is 10.2 Å². The zero-order valence-corrected chi connectivity index (χ0v) is 17.1. The van der Waals surface area contributed by atoms with Gasteiger partial charge in [0.05, 0.1) is 13.2 Å². The maximum absolute atomic E-state index is 13.3. The third kappa shape index (κ3) is 3.72. The Bertz CT molecular complexity index is 1020. The Hall–Kier alpha value is -2.87. The normalized spacial score (nSPS) is 18.2. The number of ether oxygens (including phenoxy) is 1. The van der Waals surface area contributed by atoms with Gasteiger partial charge in [-0.3, -0.25) is 4.79 Å². The lowest BCUT2D eigenvalue weighted by Crippen LogP contribution is -2.39. The summed E-state index contributed by atoms with van der Waals surface area (Å²) in [6.07, 6.45) is 0. The first kappa shape index (κ1) is 19.4. The minimum atomic E-state index is -0.481. The fraction of sp³-hybridized carbons (Fsp3) is 0.286. The summed E-state index contributed by atoms with van der Waals surface area (Å²) >= 11 is 1.37. The van der Waals surface area contributed by atoms with E-state index in [9.17, 15) is 9.18 Å². The minimum absolute atomic E-state index is 0.0938. The van der Waals surface area contributed by atoms with Crippen LogP contribution in [0.25, 0.3) is 0 Å². The minimum Gasteiger partial charge on any atom is -0.497 e. The molecular formula is C21H21FN4O2S. The molecule has 0 saturated carbocycles. The highest BCUT2D eigenvalue weighted by atomic mass is 32.2. The molecular weight excluding hydrogens is 391 g/mol. The molecule has 1 N–H and O–H groups in total. The van der Waals surface area contributed by atoms with E-state index in [4.69, 9.17) is 4.74 Å². The van der Waals surface area contributed by atoms with Crippen LogP contribution in [0.5, 0.6) is 5.75 Å². The first-order chi connectivity index (χ1) is 14.0. The number of halogens is 1. The molecule has 4 rings (SSSR count). The topological polar surface area (TPSA) is 69.0 Å². The molecule has 150 valence electrons. The smallest absolute Gasteiger partial charge is 0.210 e. The first-order valence-electron chi connectivity index (χ1n) is 9.30. The van der Waals surface area contributed by atoms with E-state index in [1.165, 1.54) is 36.0 Å². The summed E-state index contributed by atoms with van der Waals surface area (Å²) < 4.78 is 20.4. The van der Waals surface area contributed by atoms with Crippen molar-refractivity contribution in [1.82, 2.24) is 14.9 Å². The lowest BCUT2D eigenvalue weighted by Gasteiger charge is -2.33. The lowest BCUT2D eigenvalue weighted by molar-refractivity contribution is 0.0980. The number of thioether (sulfide) groups is 1. The van der Waals surface area contributed by atoms with E-state index in [1.807, 2.05) is 42.8 Å². The van der Waals surface area contributed by atoms with Crippen LogP contribution in [-0.2, 0) is 0 Å². The number of nitrogens with zero attached hydrogens (tertiary/aromatic N) is 3. The average molecular weight is 412 g/mol. The molecule has 0 spiro atoms. The number of carbonyl (C=O) groups excluding carboxylic acids is 1. The highest BCUT2D eigenvalue weighted by Gasteiger charge is 2.38. The van der Waals surface area contributed by atoms with Gasteiger partial charge in [0.15, 0.2) is 11.6 Å². The molecule has 29 heavy (non-hydrogen) atoms. The summed E-state index contributed by atoms with van der Waals surface area (Å²) in [5.74, 6) is 1.25. The van der Waals surface area contributed by atoms with Crippen molar-refractivity contribution in [1.29, 1.82) is 0 Å². The highest BCUT2D eigenvalue weighted by molar-refractivity contribution is 8.00. The van der Waals surface area contributed by atoms with Crippen molar-refractivity contribution in [2.75, 3.05) is 12.5 Å². The summed E-state index contributed by atoms with van der Waals surface area (Å²) in [5.41, 5.74) is 4.83. The van der Waals surface area contributed by atoms with Crippen LogP contribution >= 0.6 is 11.8 Å². The highest BCUT2D eigenvalue weighted by Crippen LogP contribution is 2.39. The predicted molar refractivity (Wildman–Crippen MR) is 110 cm³/mol. The number of hydrogen-bond donors (Lipinski definition) is 1. The summed E-state index contributed by atoms with van der Waals surface area (Å²) in [5, 5.41) is 8.69. The van der Waals surface area contributed by atoms with Crippen molar-refractivity contribution in [3.63, 3.8) is 0 Å². The Balaban J connectivity index is 1.74. The van der Waals surface area contributed by atoms with E-state index in [0.717, 1.165) is 17.1 Å². The number of benzene rings is 2. The van der Waals surface area contributed by atoms with Gasteiger partial charge in [-0.05, 0) is 42.0 Å². The van der Waals surface area contributed by atoms with Crippen molar-refractivity contribution in [3.8, 4) is 5.75 Å². The average Bonchev–Trinajstić information content (AvgIpc) is 3.16. The molecule has 2 heterocycles. The van der Waals surface area contributed by atoms with Crippen LogP contribution in [0.2, 0.25) is 0 Å². The number of carbonyl (C=O) groups is 1. The Morgan fingerprint density at radius 2 is 1.83 bits per heavy atom. The second-order valence-electron chi connectivity index (χ2n) is 7.12. The Labute approximate surface area is 172 Å². The van der Waals surface area contributed by atoms with Gasteiger partial charge in [0.2, 0.25) is 5.16 Å². The molecule has 2 unspecified atom stereocenters. The summed E-state index contributed by atoms with van der Waals surface area (Å²) in [4.78, 5) is 13.3. The monoisotopic (exact) mass is 412 g/mol. The molecule has 0 saturated heterocycles. The lowest BCUT2D eigenvalue weighted by atomic mass is 9.97. The Morgan fingerprint density at radius 1 is 1.14 bits per heavy atom. The standard InChI is InChI=1S/C21H21FN4O2S/c1-12(2)20-23-24-21-26(20)25-17(13-6-10-16(28-3)11-7-13)19(29-21)18(27)14-4-8-15(22)9-5-14/h4-12,17,19,25H,1-3H3. The third-order valence-electron chi connectivity index (χ3n) is 4.84. The number of fused-ring (bicyclic) bond motifs is 1. The molecule has 2 atom stereocenters. The number of methoxy groups -OCH3 is 1. The zero-order valence-electron chi connectivity index (χ0n) is 16.3. The van der Waals surface area contributed by atoms with E-state index >= 15 is 0 Å². The largest absolute Gasteiger partial charge is 0.497 e. The second-order valence-corrected chi connectivity index (χ2v) is 8.23. The molecule has 1 aromatic heterocycles. The van der Waals surface area contributed by atoms with Crippen molar-refractivity contribution >= 4 is 17.5 Å². The summed E-state index contributed by atoms with van der Waals surface area (Å²) in [6, 6.07) is 12.9. The van der Waals surface area contributed by atoms with E-state index < -0.39 is 5.25 Å². The predicted octanol–water partition coefficient (Wildman–Crippen LogP) is 4.19. The first-order valence-corrected chi connectivity index (χ1v) is 10.2. The van der Waals surface area contributed by atoms with Gasteiger partial charge in [-0.2, -0.15) is 0 Å². The van der Waals surface area contributed by atoms with E-state index in [2.05, 4.69) is 15.6 Å². The van der Waals surface area contributed by atoms with Gasteiger partial charge in [-0.25, -0.2) is 9.07 Å². The van der Waals surface area contributed by atoms with Crippen LogP contribution in [0.15, 0.2) is 53.7 Å². The third-order valence-corrected chi connectivity index (χ3v) is 6.06. The molecule has 2 aromatic carbocycles. The molecule has 0 amide bonds. The molecule has 0 bridgehead atoms. The SMILES string of the molecule is COc1ccc(C2Nn3c(nnc3C(C)C)SC2C(=O)c2ccc(F)cc2)cc1. The van der Waals surface area contributed by atoms with Gasteiger partial charge >= 0.3 is 0 Å². The number of hydrogen-bond acceptors (Lipinski definition) is 6. The number of aromatic nitrogens is 3. The van der Waals surface area contributed by atoms with E-state index in [1.54, 1.807) is 7.11 Å². The van der Waals surface area contributed by atoms with Crippen LogP contribution in [0, 0.1) is 5.82 Å². The summed E-state index contributed by atoms with van der Waals surface area (Å²) in [7, 11) is 1.61. The van der Waals surface area contributed by atoms with Gasteiger partial charge in [0.25, 0.3) is 0 Å². The maximum Gasteiger partial charge on any atom is 0.210 e. The summed E-state index contributed by atoms with van der Waals surface area (Å²) in [6.45, 7) is 4.09. The van der Waals surface area contributed by atoms with Gasteiger partial charge in [-0.15, -0.1) is 10.2 Å². The van der Waals surface area contributed by atoms with Crippen LogP contribution in [0.4, 0.5) is 4.39 Å². The molecule has 6 nitrogen and oxygen atoms in total. The van der Waals surface area contributed by atoms with Gasteiger partial charge < -0.3 is 10.2 Å². The quantitative estimate of drug-likeness (QED) is 0.634. The van der Waals surface area contributed by atoms with Crippen molar-refractivity contribution in [3.05, 3.63) is 71.3 Å². The van der Waals surface area contributed by atoms with Gasteiger partial charge in [-0.1, -0.05) is 37.7 Å². The number of rotatable bonds is 5. The van der Waals surface area contributed by atoms with Crippen molar-refractivity contribution in [2.45, 2.75) is 36.2 Å². The molecule has 1 aliphatic rings. The van der Waals surface area contributed by atoms with E-state index in [-0.39, 0.29) is 23.6 Å². The van der Waals surface area contributed by atoms with Gasteiger partial charge in [0.1, 0.15) is 16.8 Å². The zero-order chi connectivity index (χ0) is 20.5. The Kier molecular flexibility index (Phi) is 5.27. The molecule has 3 aromatic rings.